The summed E-state index contributed by atoms with van der Waals surface area (Å²) >= 11 is 3.24. The van der Waals surface area contributed by atoms with Crippen LogP contribution in [0.25, 0.3) is 0 Å². The number of nitro benzene ring substituents is 1. The van der Waals surface area contributed by atoms with Gasteiger partial charge in [0.2, 0.25) is 5.75 Å². The molecule has 2 amide bonds. The summed E-state index contributed by atoms with van der Waals surface area (Å²) < 4.78 is 5.46. The molecule has 2 aromatic carbocycles. The summed E-state index contributed by atoms with van der Waals surface area (Å²) in [5, 5.41) is 26.8. The lowest BCUT2D eigenvalue weighted by atomic mass is 10.2. The second-order valence-corrected chi connectivity index (χ2v) is 6.16. The van der Waals surface area contributed by atoms with E-state index in [1.54, 1.807) is 24.3 Å². The van der Waals surface area contributed by atoms with Crippen molar-refractivity contribution in [3.05, 3.63) is 62.1 Å². The minimum Gasteiger partial charge on any atom is -0.500 e. The van der Waals surface area contributed by atoms with Gasteiger partial charge in [-0.1, -0.05) is 12.1 Å². The number of carbonyl (C=O) groups is 2. The van der Waals surface area contributed by atoms with Gasteiger partial charge in [-0.25, -0.2) is 5.43 Å². The number of nitrogens with zero attached hydrogens (tertiary/aromatic N) is 2. The van der Waals surface area contributed by atoms with Crippen LogP contribution in [0.2, 0.25) is 0 Å². The van der Waals surface area contributed by atoms with Crippen LogP contribution in [0.15, 0.2) is 46.0 Å². The van der Waals surface area contributed by atoms with Gasteiger partial charge >= 0.3 is 5.69 Å². The smallest absolute Gasteiger partial charge is 0.315 e. The number of nitro groups is 1. The molecule has 0 fully saturated rings. The minimum atomic E-state index is -0.773. The zero-order valence-corrected chi connectivity index (χ0v) is 16.1. The van der Waals surface area contributed by atoms with Crippen LogP contribution in [0.5, 0.6) is 11.5 Å². The van der Waals surface area contributed by atoms with Crippen molar-refractivity contribution in [2.75, 3.05) is 13.7 Å². The maximum Gasteiger partial charge on any atom is 0.315 e. The number of ether oxygens (including phenoxy) is 1. The van der Waals surface area contributed by atoms with E-state index in [0.717, 1.165) is 12.3 Å². The molecule has 11 heteroatoms. The van der Waals surface area contributed by atoms with Gasteiger partial charge < -0.3 is 15.2 Å². The molecule has 0 aromatic heterocycles. The number of nitrogens with one attached hydrogen (secondary N) is 2. The first-order valence-electron chi connectivity index (χ1n) is 7.73. The molecule has 0 aliphatic carbocycles. The average molecular weight is 451 g/mol. The molecule has 10 nitrogen and oxygen atoms in total. The van der Waals surface area contributed by atoms with E-state index in [4.69, 9.17) is 4.74 Å². The van der Waals surface area contributed by atoms with Gasteiger partial charge in [-0.2, -0.15) is 5.10 Å². The van der Waals surface area contributed by atoms with Crippen LogP contribution in [0, 0.1) is 10.1 Å². The molecule has 0 aliphatic rings. The number of phenols is 1. The van der Waals surface area contributed by atoms with Gasteiger partial charge in [0.05, 0.1) is 30.4 Å². The predicted octanol–water partition coefficient (Wildman–Crippen LogP) is 1.95. The number of rotatable bonds is 7. The summed E-state index contributed by atoms with van der Waals surface area (Å²) in [4.78, 5) is 34.0. The molecule has 28 heavy (non-hydrogen) atoms. The monoisotopic (exact) mass is 450 g/mol. The fraction of sp³-hybridized carbons (Fsp3) is 0.118. The quantitative estimate of drug-likeness (QED) is 0.334. The van der Waals surface area contributed by atoms with Crippen molar-refractivity contribution in [3.63, 3.8) is 0 Å². The third-order valence-corrected chi connectivity index (χ3v) is 4.12. The number of hydrogen-bond acceptors (Lipinski definition) is 7. The average Bonchev–Trinajstić information content (AvgIpc) is 2.67. The first-order valence-corrected chi connectivity index (χ1v) is 8.52. The highest BCUT2D eigenvalue weighted by atomic mass is 79.9. The number of hydrogen-bond donors (Lipinski definition) is 3. The Balaban J connectivity index is 1.96. The number of phenolic OH excluding ortho intramolecular Hbond substituents is 1. The maximum atomic E-state index is 12.0. The van der Waals surface area contributed by atoms with Gasteiger partial charge in [-0.3, -0.25) is 19.7 Å². The largest absolute Gasteiger partial charge is 0.500 e. The Hall–Kier alpha value is -3.47. The van der Waals surface area contributed by atoms with E-state index in [1.165, 1.54) is 13.2 Å². The first kappa shape index (κ1) is 20.8. The highest BCUT2D eigenvalue weighted by Gasteiger charge is 2.19. The molecule has 0 atom stereocenters. The molecule has 0 bridgehead atoms. The number of hydrazone groups is 1. The lowest BCUT2D eigenvalue weighted by Crippen LogP contribution is -2.35. The van der Waals surface area contributed by atoms with Crippen molar-refractivity contribution in [1.82, 2.24) is 10.7 Å². The number of amides is 2. The highest BCUT2D eigenvalue weighted by Crippen LogP contribution is 2.36. The molecule has 2 rings (SSSR count). The van der Waals surface area contributed by atoms with Crippen LogP contribution in [0.1, 0.15) is 15.9 Å². The molecule has 0 aliphatic heterocycles. The number of aromatic hydroxyl groups is 1. The SMILES string of the molecule is COc1cc(/C=N/NC(=O)CNC(=O)c2ccccc2Br)cc([N+](=O)[O-])c1O. The molecule has 3 N–H and O–H groups in total. The Kier molecular flexibility index (Phi) is 7.04. The predicted molar refractivity (Wildman–Crippen MR) is 104 cm³/mol. The normalized spacial score (nSPS) is 10.5. The van der Waals surface area contributed by atoms with Crippen molar-refractivity contribution in [2.45, 2.75) is 0 Å². The van der Waals surface area contributed by atoms with Gasteiger partial charge in [0.25, 0.3) is 11.8 Å². The molecular formula is C17H15BrN4O6. The third kappa shape index (κ3) is 5.27. The third-order valence-electron chi connectivity index (χ3n) is 3.42. The fourth-order valence-corrected chi connectivity index (χ4v) is 2.57. The molecule has 2 aromatic rings. The highest BCUT2D eigenvalue weighted by molar-refractivity contribution is 9.10. The van der Waals surface area contributed by atoms with Gasteiger partial charge in [-0.15, -0.1) is 0 Å². The number of methoxy groups -OCH3 is 1. The number of carbonyl (C=O) groups excluding carboxylic acids is 2. The van der Waals surface area contributed by atoms with Gasteiger partial charge in [0, 0.05) is 16.1 Å². The van der Waals surface area contributed by atoms with Crippen molar-refractivity contribution in [3.8, 4) is 11.5 Å². The van der Waals surface area contributed by atoms with Gasteiger partial charge in [0.15, 0.2) is 5.75 Å². The summed E-state index contributed by atoms with van der Waals surface area (Å²) in [5.74, 6) is -1.76. The zero-order chi connectivity index (χ0) is 20.7. The van der Waals surface area contributed by atoms with E-state index in [-0.39, 0.29) is 17.9 Å². The Labute approximate surface area is 167 Å². The lowest BCUT2D eigenvalue weighted by Gasteiger charge is -2.06. The lowest BCUT2D eigenvalue weighted by molar-refractivity contribution is -0.386. The Morgan fingerprint density at radius 1 is 1.36 bits per heavy atom. The number of benzene rings is 2. The second kappa shape index (κ2) is 9.46. The molecule has 0 heterocycles. The molecule has 0 spiro atoms. The topological polar surface area (TPSA) is 143 Å². The van der Waals surface area contributed by atoms with E-state index in [0.29, 0.717) is 10.0 Å². The van der Waals surface area contributed by atoms with Crippen LogP contribution in [0.3, 0.4) is 0 Å². The molecule has 0 saturated heterocycles. The number of halogens is 1. The van der Waals surface area contributed by atoms with E-state index >= 15 is 0 Å². The molecular weight excluding hydrogens is 436 g/mol. The molecule has 146 valence electrons. The van der Waals surface area contributed by atoms with Crippen molar-refractivity contribution >= 4 is 39.6 Å². The van der Waals surface area contributed by atoms with Crippen LogP contribution in [0.4, 0.5) is 5.69 Å². The summed E-state index contributed by atoms with van der Waals surface area (Å²) in [6.45, 7) is -0.323. The van der Waals surface area contributed by atoms with E-state index in [9.17, 15) is 24.8 Å². The van der Waals surface area contributed by atoms with E-state index in [1.807, 2.05) is 0 Å². The molecule has 0 saturated carbocycles. The summed E-state index contributed by atoms with van der Waals surface area (Å²) in [7, 11) is 1.25. The first-order chi connectivity index (χ1) is 13.3. The van der Waals surface area contributed by atoms with Crippen molar-refractivity contribution in [1.29, 1.82) is 0 Å². The summed E-state index contributed by atoms with van der Waals surface area (Å²) in [6.07, 6.45) is 1.14. The summed E-state index contributed by atoms with van der Waals surface area (Å²) in [6, 6.07) is 9.12. The zero-order valence-electron chi connectivity index (χ0n) is 14.5. The molecule has 0 unspecified atom stereocenters. The van der Waals surface area contributed by atoms with Crippen molar-refractivity contribution < 1.29 is 24.4 Å². The van der Waals surface area contributed by atoms with Crippen LogP contribution >= 0.6 is 15.9 Å². The fourth-order valence-electron chi connectivity index (χ4n) is 2.10. The summed E-state index contributed by atoms with van der Waals surface area (Å²) in [5.41, 5.74) is 2.22. The van der Waals surface area contributed by atoms with Crippen LogP contribution in [-0.2, 0) is 4.79 Å². The van der Waals surface area contributed by atoms with Gasteiger partial charge in [-0.05, 0) is 34.1 Å². The minimum absolute atomic E-state index is 0.109. The van der Waals surface area contributed by atoms with Crippen molar-refractivity contribution in [2.24, 2.45) is 5.10 Å². The van der Waals surface area contributed by atoms with E-state index < -0.39 is 28.2 Å². The second-order valence-electron chi connectivity index (χ2n) is 5.30. The van der Waals surface area contributed by atoms with Crippen LogP contribution in [-0.4, -0.2) is 41.7 Å². The van der Waals surface area contributed by atoms with Gasteiger partial charge in [0.1, 0.15) is 0 Å². The Bertz CT molecular complexity index is 947. The Morgan fingerprint density at radius 3 is 2.71 bits per heavy atom. The van der Waals surface area contributed by atoms with E-state index in [2.05, 4.69) is 31.8 Å². The van der Waals surface area contributed by atoms with Crippen LogP contribution < -0.4 is 15.5 Å². The molecule has 0 radical (unpaired) electrons. The Morgan fingerprint density at radius 2 is 2.07 bits per heavy atom. The maximum absolute atomic E-state index is 12.0. The standard InChI is InChI=1S/C17H15BrN4O6/c1-28-14-7-10(6-13(16(14)24)22(26)27)8-20-21-15(23)9-19-17(25)11-4-2-3-5-12(11)18/h2-8,24H,9H2,1H3,(H,19,25)(H,21,23)/b20-8+.